The molecule has 0 heterocycles. The van der Waals surface area contributed by atoms with Crippen LogP contribution in [-0.2, 0) is 4.79 Å². The summed E-state index contributed by atoms with van der Waals surface area (Å²) in [4.78, 5) is 12.6. The van der Waals surface area contributed by atoms with Crippen LogP contribution in [0.4, 0.5) is 5.69 Å². The maximum atomic E-state index is 12.6. The molecule has 1 amide bonds. The van der Waals surface area contributed by atoms with Gasteiger partial charge in [0.25, 0.3) is 5.91 Å². The van der Waals surface area contributed by atoms with Gasteiger partial charge in [-0.3, -0.25) is 4.79 Å². The molecule has 0 aromatic heterocycles. The van der Waals surface area contributed by atoms with Crippen LogP contribution in [0.3, 0.4) is 0 Å². The summed E-state index contributed by atoms with van der Waals surface area (Å²) in [6.07, 6.45) is -0.621. The van der Waals surface area contributed by atoms with Crippen molar-refractivity contribution >= 4 is 11.6 Å². The number of benzene rings is 2. The highest BCUT2D eigenvalue weighted by atomic mass is 16.5. The molecular weight excluding hydrogens is 314 g/mol. The number of aryl methyl sites for hydroxylation is 2. The average molecular weight is 341 g/mol. The van der Waals surface area contributed by atoms with Crippen molar-refractivity contribution in [2.45, 2.75) is 46.6 Å². The minimum atomic E-state index is -0.621. The predicted octanol–water partition coefficient (Wildman–Crippen LogP) is 4.84. The molecule has 0 unspecified atom stereocenters. The molecule has 2 rings (SSSR count). The molecule has 2 aromatic carbocycles. The van der Waals surface area contributed by atoms with Crippen molar-refractivity contribution in [3.05, 3.63) is 53.1 Å². The monoisotopic (exact) mass is 341 g/mol. The Labute approximate surface area is 150 Å². The summed E-state index contributed by atoms with van der Waals surface area (Å²) in [7, 11) is 1.59. The Kier molecular flexibility index (Phi) is 6.07. The van der Waals surface area contributed by atoms with Crippen molar-refractivity contribution in [2.75, 3.05) is 12.4 Å². The van der Waals surface area contributed by atoms with E-state index in [0.717, 1.165) is 22.4 Å². The van der Waals surface area contributed by atoms with E-state index < -0.39 is 6.10 Å². The molecule has 1 N–H and O–H groups in total. The summed E-state index contributed by atoms with van der Waals surface area (Å²) >= 11 is 0. The molecule has 0 spiro atoms. The van der Waals surface area contributed by atoms with Crippen molar-refractivity contribution in [1.82, 2.24) is 0 Å². The second-order valence-electron chi connectivity index (χ2n) is 6.65. The van der Waals surface area contributed by atoms with Gasteiger partial charge in [-0.2, -0.15) is 0 Å². The van der Waals surface area contributed by atoms with Gasteiger partial charge in [0.1, 0.15) is 11.5 Å². The number of anilines is 1. The van der Waals surface area contributed by atoms with Crippen LogP contribution in [0.15, 0.2) is 36.4 Å². The van der Waals surface area contributed by atoms with E-state index in [2.05, 4.69) is 31.3 Å². The van der Waals surface area contributed by atoms with E-state index in [-0.39, 0.29) is 5.91 Å². The first kappa shape index (κ1) is 18.8. The topological polar surface area (TPSA) is 47.6 Å². The fourth-order valence-corrected chi connectivity index (χ4v) is 2.62. The van der Waals surface area contributed by atoms with E-state index in [9.17, 15) is 4.79 Å². The number of rotatable bonds is 6. The van der Waals surface area contributed by atoms with Crippen molar-refractivity contribution in [2.24, 2.45) is 0 Å². The number of methoxy groups -OCH3 is 1. The zero-order valence-electron chi connectivity index (χ0n) is 15.8. The highest BCUT2D eigenvalue weighted by Crippen LogP contribution is 2.29. The minimum absolute atomic E-state index is 0.208. The number of carbonyl (C=O) groups is 1. The molecule has 2 aromatic rings. The molecule has 0 fully saturated rings. The Balaban J connectivity index is 2.16. The molecule has 0 aliphatic rings. The van der Waals surface area contributed by atoms with E-state index in [0.29, 0.717) is 17.4 Å². The molecule has 25 heavy (non-hydrogen) atoms. The first-order valence-corrected chi connectivity index (χ1v) is 8.54. The predicted molar refractivity (Wildman–Crippen MR) is 102 cm³/mol. The van der Waals surface area contributed by atoms with Crippen molar-refractivity contribution in [3.63, 3.8) is 0 Å². The van der Waals surface area contributed by atoms with Gasteiger partial charge >= 0.3 is 0 Å². The maximum absolute atomic E-state index is 12.6. The van der Waals surface area contributed by atoms with Crippen LogP contribution in [0.5, 0.6) is 11.5 Å². The molecule has 0 saturated carbocycles. The SMILES string of the molecule is COc1ccc(C)cc1NC(=O)[C@@H](C)Oc1cc(C)ccc1C(C)C. The third-order valence-electron chi connectivity index (χ3n) is 4.08. The number of amides is 1. The maximum Gasteiger partial charge on any atom is 0.265 e. The molecular formula is C21H27NO3. The fourth-order valence-electron chi connectivity index (χ4n) is 2.62. The van der Waals surface area contributed by atoms with Gasteiger partial charge < -0.3 is 14.8 Å². The molecule has 134 valence electrons. The van der Waals surface area contributed by atoms with E-state index >= 15 is 0 Å². The van der Waals surface area contributed by atoms with Gasteiger partial charge in [0, 0.05) is 0 Å². The third kappa shape index (κ3) is 4.75. The molecule has 0 saturated heterocycles. The molecule has 1 atom stereocenters. The minimum Gasteiger partial charge on any atom is -0.495 e. The van der Waals surface area contributed by atoms with Crippen molar-refractivity contribution in [1.29, 1.82) is 0 Å². The van der Waals surface area contributed by atoms with Crippen LogP contribution >= 0.6 is 0 Å². The number of hydrogen-bond donors (Lipinski definition) is 1. The second kappa shape index (κ2) is 8.06. The summed E-state index contributed by atoms with van der Waals surface area (Å²) in [6.45, 7) is 9.96. The van der Waals surface area contributed by atoms with Gasteiger partial charge in [-0.15, -0.1) is 0 Å². The van der Waals surface area contributed by atoms with E-state index in [1.165, 1.54) is 0 Å². The Hall–Kier alpha value is -2.49. The highest BCUT2D eigenvalue weighted by Gasteiger charge is 2.19. The fraction of sp³-hybridized carbons (Fsp3) is 0.381. The Bertz CT molecular complexity index is 753. The largest absolute Gasteiger partial charge is 0.495 e. The zero-order chi connectivity index (χ0) is 18.6. The Morgan fingerprint density at radius 3 is 2.24 bits per heavy atom. The van der Waals surface area contributed by atoms with Gasteiger partial charge in [-0.1, -0.05) is 32.0 Å². The molecule has 0 radical (unpaired) electrons. The highest BCUT2D eigenvalue weighted by molar-refractivity contribution is 5.95. The lowest BCUT2D eigenvalue weighted by Crippen LogP contribution is -2.30. The quantitative estimate of drug-likeness (QED) is 0.818. The van der Waals surface area contributed by atoms with Crippen LogP contribution < -0.4 is 14.8 Å². The zero-order valence-corrected chi connectivity index (χ0v) is 15.8. The van der Waals surface area contributed by atoms with Crippen LogP contribution in [-0.4, -0.2) is 19.1 Å². The molecule has 4 heteroatoms. The Morgan fingerprint density at radius 2 is 1.60 bits per heavy atom. The van der Waals surface area contributed by atoms with Gasteiger partial charge in [0.05, 0.1) is 12.8 Å². The van der Waals surface area contributed by atoms with Gasteiger partial charge in [0.2, 0.25) is 0 Å². The van der Waals surface area contributed by atoms with Crippen LogP contribution in [0.25, 0.3) is 0 Å². The first-order valence-electron chi connectivity index (χ1n) is 8.54. The number of nitrogens with one attached hydrogen (secondary N) is 1. The standard InChI is InChI=1S/C21H27NO3/c1-13(2)17-9-7-15(4)12-20(17)25-16(5)21(23)22-18-11-14(3)8-10-19(18)24-6/h7-13,16H,1-6H3,(H,22,23)/t16-/m1/s1. The molecule has 0 aliphatic carbocycles. The summed E-state index contributed by atoms with van der Waals surface area (Å²) in [6, 6.07) is 11.8. The molecule has 4 nitrogen and oxygen atoms in total. The average Bonchev–Trinajstić information content (AvgIpc) is 2.54. The molecule has 0 bridgehead atoms. The van der Waals surface area contributed by atoms with Crippen molar-refractivity contribution < 1.29 is 14.3 Å². The number of ether oxygens (including phenoxy) is 2. The lowest BCUT2D eigenvalue weighted by molar-refractivity contribution is -0.122. The second-order valence-corrected chi connectivity index (χ2v) is 6.65. The van der Waals surface area contributed by atoms with Crippen molar-refractivity contribution in [3.8, 4) is 11.5 Å². The van der Waals surface area contributed by atoms with Crippen LogP contribution in [0.1, 0.15) is 43.4 Å². The van der Waals surface area contributed by atoms with Gasteiger partial charge in [-0.25, -0.2) is 0 Å². The summed E-state index contributed by atoms with van der Waals surface area (Å²) in [5.74, 6) is 1.50. The van der Waals surface area contributed by atoms with Gasteiger partial charge in [0.15, 0.2) is 6.10 Å². The third-order valence-corrected chi connectivity index (χ3v) is 4.08. The normalized spacial score (nSPS) is 12.0. The van der Waals surface area contributed by atoms with E-state index in [1.807, 2.05) is 38.1 Å². The van der Waals surface area contributed by atoms with Crippen LogP contribution in [0, 0.1) is 13.8 Å². The summed E-state index contributed by atoms with van der Waals surface area (Å²) in [5, 5.41) is 2.90. The first-order chi connectivity index (χ1) is 11.8. The van der Waals surface area contributed by atoms with E-state index in [4.69, 9.17) is 9.47 Å². The summed E-state index contributed by atoms with van der Waals surface area (Å²) in [5.41, 5.74) is 3.90. The van der Waals surface area contributed by atoms with Gasteiger partial charge in [-0.05, 0) is 61.6 Å². The Morgan fingerprint density at radius 1 is 0.960 bits per heavy atom. The smallest absolute Gasteiger partial charge is 0.265 e. The lowest BCUT2D eigenvalue weighted by Gasteiger charge is -2.20. The van der Waals surface area contributed by atoms with E-state index in [1.54, 1.807) is 14.0 Å². The lowest BCUT2D eigenvalue weighted by atomic mass is 10.0. The molecule has 0 aliphatic heterocycles. The summed E-state index contributed by atoms with van der Waals surface area (Å²) < 4.78 is 11.3. The number of carbonyl (C=O) groups excluding carboxylic acids is 1. The van der Waals surface area contributed by atoms with Crippen LogP contribution in [0.2, 0.25) is 0 Å². The number of hydrogen-bond acceptors (Lipinski definition) is 3.